The van der Waals surface area contributed by atoms with Gasteiger partial charge in [0.25, 0.3) is 0 Å². The van der Waals surface area contributed by atoms with E-state index >= 15 is 0 Å². The van der Waals surface area contributed by atoms with Crippen LogP contribution in [0.5, 0.6) is 5.75 Å². The summed E-state index contributed by atoms with van der Waals surface area (Å²) in [6, 6.07) is 25.7. The molecular formula is C25H23N5O. The molecule has 0 amide bonds. The molecule has 0 aliphatic heterocycles. The SMILES string of the molecule is CCc1cc(OCc2ccc(-c3ccccc3C(=N)NN=N)cc2)c2ccccc2n1. The second kappa shape index (κ2) is 9.17. The minimum Gasteiger partial charge on any atom is -0.488 e. The number of aryl methyl sites for hydroxylation is 1. The number of rotatable bonds is 7. The zero-order valence-corrected chi connectivity index (χ0v) is 17.2. The van der Waals surface area contributed by atoms with Crippen molar-refractivity contribution in [1.82, 2.24) is 10.4 Å². The molecule has 0 unspecified atom stereocenters. The third-order valence-electron chi connectivity index (χ3n) is 5.12. The Labute approximate surface area is 180 Å². The van der Waals surface area contributed by atoms with Crippen LogP contribution in [0.4, 0.5) is 0 Å². The lowest BCUT2D eigenvalue weighted by atomic mass is 9.98. The molecule has 0 saturated carbocycles. The van der Waals surface area contributed by atoms with Crippen LogP contribution in [-0.2, 0) is 13.0 Å². The predicted octanol–water partition coefficient (Wildman–Crippen LogP) is 5.90. The number of pyridine rings is 1. The molecule has 0 saturated heterocycles. The molecule has 1 aromatic heterocycles. The summed E-state index contributed by atoms with van der Waals surface area (Å²) in [4.78, 5) is 4.67. The Bertz CT molecular complexity index is 1230. The van der Waals surface area contributed by atoms with Crippen molar-refractivity contribution >= 4 is 16.7 Å². The normalized spacial score (nSPS) is 10.6. The molecule has 3 N–H and O–H groups in total. The molecule has 0 fully saturated rings. The lowest BCUT2D eigenvalue weighted by Gasteiger charge is -2.12. The molecule has 0 aliphatic rings. The van der Waals surface area contributed by atoms with E-state index in [4.69, 9.17) is 15.7 Å². The van der Waals surface area contributed by atoms with E-state index < -0.39 is 0 Å². The maximum absolute atomic E-state index is 8.07. The summed E-state index contributed by atoms with van der Waals surface area (Å²) in [6.07, 6.45) is 0.854. The highest BCUT2D eigenvalue weighted by Gasteiger charge is 2.10. The van der Waals surface area contributed by atoms with Crippen LogP contribution in [0.2, 0.25) is 0 Å². The number of para-hydroxylation sites is 1. The Morgan fingerprint density at radius 2 is 1.74 bits per heavy atom. The molecule has 0 radical (unpaired) electrons. The van der Waals surface area contributed by atoms with Crippen LogP contribution in [0, 0.1) is 10.9 Å². The largest absolute Gasteiger partial charge is 0.488 e. The van der Waals surface area contributed by atoms with Gasteiger partial charge >= 0.3 is 0 Å². The van der Waals surface area contributed by atoms with Gasteiger partial charge in [-0.15, -0.1) is 0 Å². The van der Waals surface area contributed by atoms with Crippen LogP contribution >= 0.6 is 0 Å². The van der Waals surface area contributed by atoms with Gasteiger partial charge in [-0.1, -0.05) is 72.8 Å². The summed E-state index contributed by atoms with van der Waals surface area (Å²) in [6.45, 7) is 2.54. The second-order valence-electron chi connectivity index (χ2n) is 7.11. The zero-order chi connectivity index (χ0) is 21.6. The average Bonchev–Trinajstić information content (AvgIpc) is 2.83. The van der Waals surface area contributed by atoms with Crippen molar-refractivity contribution < 1.29 is 4.74 Å². The molecule has 4 aromatic rings. The van der Waals surface area contributed by atoms with Gasteiger partial charge in [0, 0.05) is 22.7 Å². The minimum absolute atomic E-state index is 0.0919. The molecule has 31 heavy (non-hydrogen) atoms. The van der Waals surface area contributed by atoms with E-state index in [0.717, 1.165) is 45.5 Å². The number of fused-ring (bicyclic) bond motifs is 1. The van der Waals surface area contributed by atoms with Gasteiger partial charge < -0.3 is 4.74 Å². The Hall–Kier alpha value is -4.06. The molecule has 4 rings (SSSR count). The van der Waals surface area contributed by atoms with Gasteiger partial charge in [-0.3, -0.25) is 10.4 Å². The molecule has 0 spiro atoms. The molecule has 6 heteroatoms. The molecule has 1 heterocycles. The van der Waals surface area contributed by atoms with Gasteiger partial charge in [-0.05, 0) is 35.2 Å². The van der Waals surface area contributed by atoms with Crippen molar-refractivity contribution in [3.05, 3.63) is 95.7 Å². The first kappa shape index (κ1) is 20.2. The van der Waals surface area contributed by atoms with Gasteiger partial charge in [-0.2, -0.15) is 5.53 Å². The zero-order valence-electron chi connectivity index (χ0n) is 17.2. The average molecular weight is 409 g/mol. The first-order valence-corrected chi connectivity index (χ1v) is 10.1. The van der Waals surface area contributed by atoms with Crippen LogP contribution < -0.4 is 10.2 Å². The molecular weight excluding hydrogens is 386 g/mol. The van der Waals surface area contributed by atoms with Crippen molar-refractivity contribution in [2.45, 2.75) is 20.0 Å². The van der Waals surface area contributed by atoms with Crippen LogP contribution in [-0.4, -0.2) is 10.8 Å². The summed E-state index contributed by atoms with van der Waals surface area (Å²) in [5.74, 6) is 0.935. The molecule has 3 aromatic carbocycles. The van der Waals surface area contributed by atoms with Crippen molar-refractivity contribution in [3.63, 3.8) is 0 Å². The molecule has 154 valence electrons. The smallest absolute Gasteiger partial charge is 0.147 e. The Morgan fingerprint density at radius 1 is 1.00 bits per heavy atom. The number of nitrogens with zero attached hydrogens (tertiary/aromatic N) is 2. The second-order valence-corrected chi connectivity index (χ2v) is 7.11. The first-order chi connectivity index (χ1) is 15.2. The Kier molecular flexibility index (Phi) is 5.98. The number of aromatic nitrogens is 1. The third kappa shape index (κ3) is 4.43. The number of nitrogens with one attached hydrogen (secondary N) is 3. The van der Waals surface area contributed by atoms with Crippen molar-refractivity contribution in [3.8, 4) is 16.9 Å². The minimum atomic E-state index is 0.0919. The van der Waals surface area contributed by atoms with Crippen molar-refractivity contribution in [2.75, 3.05) is 0 Å². The van der Waals surface area contributed by atoms with Crippen LogP contribution in [0.25, 0.3) is 22.0 Å². The fourth-order valence-corrected chi connectivity index (χ4v) is 3.51. The van der Waals surface area contributed by atoms with Gasteiger partial charge in [0.1, 0.15) is 18.2 Å². The lowest BCUT2D eigenvalue weighted by Crippen LogP contribution is -2.17. The summed E-state index contributed by atoms with van der Waals surface area (Å²) in [5.41, 5.74) is 14.9. The van der Waals surface area contributed by atoms with E-state index in [0.29, 0.717) is 12.2 Å². The molecule has 0 bridgehead atoms. The topological polar surface area (TPSA) is 94.2 Å². The van der Waals surface area contributed by atoms with Gasteiger partial charge in [0.05, 0.1) is 5.52 Å². The highest BCUT2D eigenvalue weighted by Crippen LogP contribution is 2.28. The lowest BCUT2D eigenvalue weighted by molar-refractivity contribution is 0.309. The van der Waals surface area contributed by atoms with E-state index in [2.05, 4.69) is 22.6 Å². The van der Waals surface area contributed by atoms with E-state index in [-0.39, 0.29) is 5.84 Å². The van der Waals surface area contributed by atoms with E-state index in [1.807, 2.05) is 78.9 Å². The first-order valence-electron chi connectivity index (χ1n) is 10.1. The standard InChI is InChI=1S/C25H23N5O/c1-2-19-15-24(22-9-5-6-10-23(22)28-19)31-16-17-11-13-18(14-12-17)20-7-3-4-8-21(20)25(26)29-30-27/h3-15H,2,16H2,1H3,(H3,26,27,29). The van der Waals surface area contributed by atoms with Crippen LogP contribution in [0.15, 0.2) is 84.1 Å². The number of hydrogen-bond donors (Lipinski definition) is 3. The maximum Gasteiger partial charge on any atom is 0.147 e. The fraction of sp³-hybridized carbons (Fsp3) is 0.120. The summed E-state index contributed by atoms with van der Waals surface area (Å²) in [5, 5.41) is 12.2. The van der Waals surface area contributed by atoms with Crippen LogP contribution in [0.3, 0.4) is 0 Å². The maximum atomic E-state index is 8.07. The highest BCUT2D eigenvalue weighted by molar-refractivity contribution is 6.02. The number of ether oxygens (including phenoxy) is 1. The summed E-state index contributed by atoms with van der Waals surface area (Å²) in [7, 11) is 0. The van der Waals surface area contributed by atoms with Gasteiger partial charge in [0.15, 0.2) is 0 Å². The predicted molar refractivity (Wildman–Crippen MR) is 122 cm³/mol. The molecule has 0 atom stereocenters. The van der Waals surface area contributed by atoms with E-state index in [1.165, 1.54) is 0 Å². The summed E-state index contributed by atoms with van der Waals surface area (Å²) < 4.78 is 6.17. The number of benzene rings is 3. The van der Waals surface area contributed by atoms with Crippen molar-refractivity contribution in [1.29, 1.82) is 10.9 Å². The monoisotopic (exact) mass is 409 g/mol. The quantitative estimate of drug-likeness (QED) is 0.153. The molecule has 6 nitrogen and oxygen atoms in total. The summed E-state index contributed by atoms with van der Waals surface area (Å²) >= 11 is 0. The van der Waals surface area contributed by atoms with Gasteiger partial charge in [-0.25, -0.2) is 5.43 Å². The van der Waals surface area contributed by atoms with Crippen molar-refractivity contribution in [2.24, 2.45) is 5.22 Å². The van der Waals surface area contributed by atoms with Gasteiger partial charge in [0.2, 0.25) is 0 Å². The third-order valence-corrected chi connectivity index (χ3v) is 5.12. The molecule has 0 aliphatic carbocycles. The number of amidine groups is 1. The van der Waals surface area contributed by atoms with Crippen LogP contribution in [0.1, 0.15) is 23.7 Å². The van der Waals surface area contributed by atoms with E-state index in [1.54, 1.807) is 0 Å². The fourth-order valence-electron chi connectivity index (χ4n) is 3.51. The Balaban J connectivity index is 1.55. The highest BCUT2D eigenvalue weighted by atomic mass is 16.5. The van der Waals surface area contributed by atoms with E-state index in [9.17, 15) is 0 Å². The number of hydrogen-bond acceptors (Lipinski definition) is 5. The Morgan fingerprint density at radius 3 is 2.52 bits per heavy atom.